The van der Waals surface area contributed by atoms with Crippen LogP contribution < -0.4 is 0 Å². The monoisotopic (exact) mass is 265 g/mol. The molecule has 18 heavy (non-hydrogen) atoms. The Kier molecular flexibility index (Phi) is 3.90. The van der Waals surface area contributed by atoms with Gasteiger partial charge in [-0.2, -0.15) is 11.8 Å². The molecule has 1 aliphatic rings. The van der Waals surface area contributed by atoms with Crippen LogP contribution in [0, 0.1) is 5.41 Å². The van der Waals surface area contributed by atoms with Gasteiger partial charge >= 0.3 is 0 Å². The van der Waals surface area contributed by atoms with Crippen molar-refractivity contribution in [2.45, 2.75) is 51.8 Å². The molecule has 1 aromatic rings. The van der Waals surface area contributed by atoms with E-state index in [0.717, 1.165) is 24.9 Å². The number of carbonyl (C=O) groups is 1. The zero-order chi connectivity index (χ0) is 13.3. The Morgan fingerprint density at radius 3 is 2.83 bits per heavy atom. The second kappa shape index (κ2) is 5.12. The molecule has 0 saturated heterocycles. The number of hydrogen-bond donors (Lipinski definition) is 0. The number of ketones is 1. The summed E-state index contributed by atoms with van der Waals surface area (Å²) in [5.41, 5.74) is 2.33. The SMILES string of the molecule is CSC(C)CCn1ccc2c1CC(C)(C)CC2=O. The minimum Gasteiger partial charge on any atom is -0.351 e. The zero-order valence-electron chi connectivity index (χ0n) is 11.8. The van der Waals surface area contributed by atoms with Gasteiger partial charge in [0.15, 0.2) is 5.78 Å². The lowest BCUT2D eigenvalue weighted by Crippen LogP contribution is -2.28. The van der Waals surface area contributed by atoms with Gasteiger partial charge < -0.3 is 4.57 Å². The van der Waals surface area contributed by atoms with Crippen LogP contribution in [0.4, 0.5) is 0 Å². The van der Waals surface area contributed by atoms with Crippen LogP contribution in [0.5, 0.6) is 0 Å². The van der Waals surface area contributed by atoms with E-state index in [4.69, 9.17) is 0 Å². The summed E-state index contributed by atoms with van der Waals surface area (Å²) in [6.45, 7) is 7.67. The van der Waals surface area contributed by atoms with Crippen LogP contribution in [0.2, 0.25) is 0 Å². The van der Waals surface area contributed by atoms with E-state index >= 15 is 0 Å². The molecule has 0 bridgehead atoms. The highest BCUT2D eigenvalue weighted by Gasteiger charge is 2.32. The number of thioether (sulfide) groups is 1. The Morgan fingerprint density at radius 2 is 2.17 bits per heavy atom. The molecule has 1 heterocycles. The van der Waals surface area contributed by atoms with E-state index < -0.39 is 0 Å². The van der Waals surface area contributed by atoms with Gasteiger partial charge in [0.25, 0.3) is 0 Å². The molecule has 0 aliphatic heterocycles. The summed E-state index contributed by atoms with van der Waals surface area (Å²) in [7, 11) is 0. The van der Waals surface area contributed by atoms with Crippen molar-refractivity contribution in [2.24, 2.45) is 5.41 Å². The van der Waals surface area contributed by atoms with Gasteiger partial charge in [-0.15, -0.1) is 0 Å². The quantitative estimate of drug-likeness (QED) is 0.826. The number of fused-ring (bicyclic) bond motifs is 1. The van der Waals surface area contributed by atoms with E-state index in [9.17, 15) is 4.79 Å². The molecule has 2 rings (SSSR count). The number of Topliss-reactive ketones (excluding diaryl/α,β-unsaturated/α-hetero) is 1. The third-order valence-corrected chi connectivity index (χ3v) is 4.88. The van der Waals surface area contributed by atoms with Crippen molar-refractivity contribution in [1.29, 1.82) is 0 Å². The van der Waals surface area contributed by atoms with E-state index in [1.807, 2.05) is 17.8 Å². The Labute approximate surface area is 114 Å². The Morgan fingerprint density at radius 1 is 1.44 bits per heavy atom. The van der Waals surface area contributed by atoms with Crippen LogP contribution in [-0.2, 0) is 13.0 Å². The van der Waals surface area contributed by atoms with Crippen molar-refractivity contribution in [3.8, 4) is 0 Å². The highest BCUT2D eigenvalue weighted by atomic mass is 32.2. The molecule has 1 atom stereocenters. The molecule has 0 radical (unpaired) electrons. The average Bonchev–Trinajstić information content (AvgIpc) is 2.67. The van der Waals surface area contributed by atoms with Gasteiger partial charge in [0.2, 0.25) is 0 Å². The maximum Gasteiger partial charge on any atom is 0.165 e. The first-order valence-corrected chi connectivity index (χ1v) is 7.96. The summed E-state index contributed by atoms with van der Waals surface area (Å²) in [6, 6.07) is 2.01. The molecular weight excluding hydrogens is 242 g/mol. The summed E-state index contributed by atoms with van der Waals surface area (Å²) < 4.78 is 2.29. The predicted octanol–water partition coefficient (Wildman–Crippen LogP) is 3.78. The topological polar surface area (TPSA) is 22.0 Å². The predicted molar refractivity (Wildman–Crippen MR) is 78.5 cm³/mol. The molecule has 0 saturated carbocycles. The summed E-state index contributed by atoms with van der Waals surface area (Å²) >= 11 is 1.90. The molecule has 0 spiro atoms. The summed E-state index contributed by atoms with van der Waals surface area (Å²) in [4.78, 5) is 12.1. The highest BCUT2D eigenvalue weighted by molar-refractivity contribution is 7.99. The third-order valence-electron chi connectivity index (χ3n) is 3.84. The van der Waals surface area contributed by atoms with Crippen molar-refractivity contribution in [3.05, 3.63) is 23.5 Å². The molecule has 0 amide bonds. The highest BCUT2D eigenvalue weighted by Crippen LogP contribution is 2.35. The lowest BCUT2D eigenvalue weighted by atomic mass is 9.76. The Bertz CT molecular complexity index is 447. The first-order chi connectivity index (χ1) is 8.43. The number of aromatic nitrogens is 1. The van der Waals surface area contributed by atoms with Crippen LogP contribution in [0.15, 0.2) is 12.3 Å². The molecule has 1 aromatic heterocycles. The molecule has 0 aromatic carbocycles. The Balaban J connectivity index is 2.18. The molecule has 1 aliphatic carbocycles. The van der Waals surface area contributed by atoms with Gasteiger partial charge in [0.05, 0.1) is 0 Å². The number of carbonyl (C=O) groups excluding carboxylic acids is 1. The minimum absolute atomic E-state index is 0.116. The summed E-state index contributed by atoms with van der Waals surface area (Å²) in [6.07, 6.45) is 7.12. The van der Waals surface area contributed by atoms with Crippen molar-refractivity contribution >= 4 is 17.5 Å². The summed E-state index contributed by atoms with van der Waals surface area (Å²) in [5, 5.41) is 0.676. The van der Waals surface area contributed by atoms with Crippen LogP contribution in [0.25, 0.3) is 0 Å². The fourth-order valence-electron chi connectivity index (χ4n) is 2.65. The number of rotatable bonds is 4. The zero-order valence-corrected chi connectivity index (χ0v) is 12.6. The number of hydrogen-bond acceptors (Lipinski definition) is 2. The fourth-order valence-corrected chi connectivity index (χ4v) is 2.99. The molecule has 0 fully saturated rings. The first kappa shape index (κ1) is 13.7. The van der Waals surface area contributed by atoms with E-state index in [-0.39, 0.29) is 5.41 Å². The normalized spacial score (nSPS) is 19.7. The number of aryl methyl sites for hydroxylation is 1. The minimum atomic E-state index is 0.116. The van der Waals surface area contributed by atoms with Crippen molar-refractivity contribution in [2.75, 3.05) is 6.26 Å². The smallest absolute Gasteiger partial charge is 0.165 e. The van der Waals surface area contributed by atoms with Gasteiger partial charge in [0, 0.05) is 35.7 Å². The van der Waals surface area contributed by atoms with Crippen molar-refractivity contribution < 1.29 is 4.79 Å². The maximum absolute atomic E-state index is 12.1. The molecular formula is C15H23NOS. The first-order valence-electron chi connectivity index (χ1n) is 6.67. The van der Waals surface area contributed by atoms with E-state index in [1.165, 1.54) is 5.69 Å². The van der Waals surface area contributed by atoms with Gasteiger partial charge in [0.1, 0.15) is 0 Å². The second-order valence-corrected chi connectivity index (χ2v) is 7.42. The molecule has 2 nitrogen and oxygen atoms in total. The van der Waals surface area contributed by atoms with Crippen LogP contribution >= 0.6 is 11.8 Å². The second-order valence-electron chi connectivity index (χ2n) is 6.15. The molecule has 100 valence electrons. The van der Waals surface area contributed by atoms with E-state index in [2.05, 4.69) is 37.8 Å². The molecule has 3 heteroatoms. The van der Waals surface area contributed by atoms with Crippen LogP contribution in [0.1, 0.15) is 49.7 Å². The van der Waals surface area contributed by atoms with Gasteiger partial charge in [-0.1, -0.05) is 20.8 Å². The standard InChI is InChI=1S/C15H23NOS/c1-11(18-4)5-7-16-8-6-12-13(16)9-15(2,3)10-14(12)17/h6,8,11H,5,7,9-10H2,1-4H3. The Hall–Kier alpha value is -0.700. The third kappa shape index (κ3) is 2.82. The lowest BCUT2D eigenvalue weighted by molar-refractivity contribution is 0.0910. The summed E-state index contributed by atoms with van der Waals surface area (Å²) in [5.74, 6) is 0.318. The van der Waals surface area contributed by atoms with Gasteiger partial charge in [-0.05, 0) is 30.6 Å². The van der Waals surface area contributed by atoms with Gasteiger partial charge in [-0.3, -0.25) is 4.79 Å². The van der Waals surface area contributed by atoms with Crippen LogP contribution in [-0.4, -0.2) is 21.9 Å². The van der Waals surface area contributed by atoms with E-state index in [1.54, 1.807) is 0 Å². The van der Waals surface area contributed by atoms with Crippen LogP contribution in [0.3, 0.4) is 0 Å². The average molecular weight is 265 g/mol. The fraction of sp³-hybridized carbons (Fsp3) is 0.667. The van der Waals surface area contributed by atoms with Crippen molar-refractivity contribution in [1.82, 2.24) is 4.57 Å². The lowest BCUT2D eigenvalue weighted by Gasteiger charge is -2.29. The maximum atomic E-state index is 12.1. The number of nitrogens with zero attached hydrogens (tertiary/aromatic N) is 1. The largest absolute Gasteiger partial charge is 0.351 e. The molecule has 0 N–H and O–H groups in total. The van der Waals surface area contributed by atoms with Gasteiger partial charge in [-0.25, -0.2) is 0 Å². The molecule has 1 unspecified atom stereocenters. The van der Waals surface area contributed by atoms with E-state index in [0.29, 0.717) is 17.5 Å². The van der Waals surface area contributed by atoms with Crippen molar-refractivity contribution in [3.63, 3.8) is 0 Å².